The van der Waals surface area contributed by atoms with Crippen LogP contribution in [0.1, 0.15) is 54.9 Å². The van der Waals surface area contributed by atoms with Gasteiger partial charge < -0.3 is 15.1 Å². The lowest BCUT2D eigenvalue weighted by Crippen LogP contribution is -2.44. The van der Waals surface area contributed by atoms with E-state index >= 15 is 0 Å². The van der Waals surface area contributed by atoms with Gasteiger partial charge in [-0.3, -0.25) is 9.59 Å². The Balaban J connectivity index is 1.32. The summed E-state index contributed by atoms with van der Waals surface area (Å²) in [5.41, 5.74) is 1.71. The summed E-state index contributed by atoms with van der Waals surface area (Å²) in [5, 5.41) is 6.17. The zero-order valence-electron chi connectivity index (χ0n) is 19.9. The molecule has 0 saturated carbocycles. The second-order valence-corrected chi connectivity index (χ2v) is 9.99. The predicted molar refractivity (Wildman–Crippen MR) is 136 cm³/mol. The van der Waals surface area contributed by atoms with Crippen LogP contribution in [0.15, 0.2) is 76.2 Å². The van der Waals surface area contributed by atoms with Crippen molar-refractivity contribution in [2.45, 2.75) is 54.9 Å². The van der Waals surface area contributed by atoms with E-state index in [0.29, 0.717) is 38.6 Å². The number of amides is 2. The van der Waals surface area contributed by atoms with Gasteiger partial charge in [-0.05, 0) is 79.5 Å². The van der Waals surface area contributed by atoms with Crippen LogP contribution in [0.2, 0.25) is 0 Å². The summed E-state index contributed by atoms with van der Waals surface area (Å²) < 4.78 is 19.0. The molecule has 1 saturated heterocycles. The fraction of sp³-hybridized carbons (Fsp3) is 0.357. The quantitative estimate of drug-likeness (QED) is 0.348. The van der Waals surface area contributed by atoms with Crippen LogP contribution in [0.25, 0.3) is 0 Å². The summed E-state index contributed by atoms with van der Waals surface area (Å²) in [7, 11) is 0. The van der Waals surface area contributed by atoms with E-state index in [9.17, 15) is 14.0 Å². The highest BCUT2D eigenvalue weighted by molar-refractivity contribution is 7.98. The molecule has 184 valence electrons. The minimum atomic E-state index is -0.389. The van der Waals surface area contributed by atoms with Crippen LogP contribution in [0.5, 0.6) is 0 Å². The molecule has 1 aliphatic heterocycles. The number of carbonyl (C=O) groups excluding carboxylic acids is 2. The fourth-order valence-electron chi connectivity index (χ4n) is 4.77. The van der Waals surface area contributed by atoms with Crippen molar-refractivity contribution in [1.82, 2.24) is 10.6 Å². The Bertz CT molecular complexity index is 1120. The number of halogens is 1. The summed E-state index contributed by atoms with van der Waals surface area (Å²) in [5.74, 6) is 0.433. The van der Waals surface area contributed by atoms with Gasteiger partial charge in [-0.1, -0.05) is 24.3 Å². The first-order valence-corrected chi connectivity index (χ1v) is 13.2. The van der Waals surface area contributed by atoms with E-state index in [1.54, 1.807) is 30.2 Å². The van der Waals surface area contributed by atoms with Gasteiger partial charge in [0.05, 0.1) is 6.26 Å². The molecule has 0 aliphatic carbocycles. The number of nitrogens with one attached hydrogen (secondary N) is 2. The molecule has 0 unspecified atom stereocenters. The summed E-state index contributed by atoms with van der Waals surface area (Å²) in [4.78, 5) is 26.0. The van der Waals surface area contributed by atoms with E-state index in [4.69, 9.17) is 4.42 Å². The van der Waals surface area contributed by atoms with Gasteiger partial charge in [0, 0.05) is 35.7 Å². The molecular formula is C28H31FN2O3S. The van der Waals surface area contributed by atoms with Gasteiger partial charge in [0.15, 0.2) is 0 Å². The third-order valence-corrected chi connectivity index (χ3v) is 7.43. The monoisotopic (exact) mass is 494 g/mol. The van der Waals surface area contributed by atoms with Crippen LogP contribution in [0.4, 0.5) is 4.39 Å². The normalized spacial score (nSPS) is 18.3. The van der Waals surface area contributed by atoms with Gasteiger partial charge in [-0.25, -0.2) is 4.39 Å². The van der Waals surface area contributed by atoms with Crippen molar-refractivity contribution in [2.24, 2.45) is 0 Å². The highest BCUT2D eigenvalue weighted by Gasteiger charge is 2.37. The molecule has 0 spiro atoms. The van der Waals surface area contributed by atoms with Crippen LogP contribution >= 0.6 is 11.8 Å². The molecule has 2 aromatic carbocycles. The first kappa shape index (κ1) is 25.0. The van der Waals surface area contributed by atoms with Crippen LogP contribution in [-0.4, -0.2) is 30.2 Å². The highest BCUT2D eigenvalue weighted by atomic mass is 32.2. The van der Waals surface area contributed by atoms with E-state index in [0.717, 1.165) is 23.3 Å². The molecule has 2 heterocycles. The van der Waals surface area contributed by atoms with Gasteiger partial charge in [0.25, 0.3) is 0 Å². The Hall–Kier alpha value is -3.06. The Morgan fingerprint density at radius 2 is 1.94 bits per heavy atom. The van der Waals surface area contributed by atoms with Gasteiger partial charge in [0.1, 0.15) is 11.6 Å². The maximum absolute atomic E-state index is 13.4. The number of thioether (sulfide) groups is 1. The second-order valence-electron chi connectivity index (χ2n) is 9.11. The molecule has 0 radical (unpaired) electrons. The van der Waals surface area contributed by atoms with Crippen LogP contribution in [0.3, 0.4) is 0 Å². The minimum Gasteiger partial charge on any atom is -0.469 e. The Morgan fingerprint density at radius 1 is 1.17 bits per heavy atom. The molecule has 1 aliphatic rings. The molecule has 5 nitrogen and oxygen atoms in total. The molecule has 3 aromatic rings. The van der Waals surface area contributed by atoms with Crippen molar-refractivity contribution in [1.29, 1.82) is 0 Å². The molecule has 2 N–H and O–H groups in total. The Labute approximate surface area is 209 Å². The number of furan rings is 1. The lowest BCUT2D eigenvalue weighted by atomic mass is 9.85. The largest absolute Gasteiger partial charge is 0.469 e. The highest BCUT2D eigenvalue weighted by Crippen LogP contribution is 2.31. The predicted octanol–water partition coefficient (Wildman–Crippen LogP) is 5.45. The van der Waals surface area contributed by atoms with Gasteiger partial charge in [-0.2, -0.15) is 0 Å². The topological polar surface area (TPSA) is 71.3 Å². The molecule has 2 atom stereocenters. The minimum absolute atomic E-state index is 0.0412. The number of hydrogen-bond donors (Lipinski definition) is 2. The summed E-state index contributed by atoms with van der Waals surface area (Å²) in [6, 6.07) is 18.5. The summed E-state index contributed by atoms with van der Waals surface area (Å²) >= 11 is 1.70. The van der Waals surface area contributed by atoms with Crippen molar-refractivity contribution in [3.05, 3.63) is 89.6 Å². The molecule has 0 bridgehead atoms. The maximum atomic E-state index is 13.4. The van der Waals surface area contributed by atoms with E-state index in [-0.39, 0.29) is 29.1 Å². The van der Waals surface area contributed by atoms with Crippen LogP contribution < -0.4 is 10.6 Å². The first-order chi connectivity index (χ1) is 17.0. The summed E-state index contributed by atoms with van der Waals surface area (Å²) in [6.45, 7) is 0.469. The van der Waals surface area contributed by atoms with E-state index in [1.807, 2.05) is 18.4 Å². The third-order valence-electron chi connectivity index (χ3n) is 6.68. The lowest BCUT2D eigenvalue weighted by Gasteiger charge is -2.29. The number of hydrogen-bond acceptors (Lipinski definition) is 4. The molecule has 2 amide bonds. The van der Waals surface area contributed by atoms with Crippen LogP contribution in [0, 0.1) is 5.82 Å². The van der Waals surface area contributed by atoms with Gasteiger partial charge in [0.2, 0.25) is 11.8 Å². The van der Waals surface area contributed by atoms with Gasteiger partial charge >= 0.3 is 0 Å². The maximum Gasteiger partial charge on any atom is 0.220 e. The number of benzene rings is 2. The van der Waals surface area contributed by atoms with E-state index in [2.05, 4.69) is 34.9 Å². The number of carbonyl (C=O) groups is 2. The number of rotatable bonds is 11. The van der Waals surface area contributed by atoms with Crippen molar-refractivity contribution in [3.8, 4) is 0 Å². The fourth-order valence-corrected chi connectivity index (χ4v) is 5.18. The second kappa shape index (κ2) is 11.6. The average molecular weight is 495 g/mol. The van der Waals surface area contributed by atoms with Crippen molar-refractivity contribution in [2.75, 3.05) is 12.8 Å². The zero-order valence-corrected chi connectivity index (χ0v) is 20.7. The smallest absolute Gasteiger partial charge is 0.220 e. The van der Waals surface area contributed by atoms with E-state index < -0.39 is 0 Å². The molecule has 4 rings (SSSR count). The van der Waals surface area contributed by atoms with Gasteiger partial charge in [-0.15, -0.1) is 11.8 Å². The molecule has 7 heteroatoms. The molecule has 1 fully saturated rings. The van der Waals surface area contributed by atoms with Crippen molar-refractivity contribution in [3.63, 3.8) is 0 Å². The van der Waals surface area contributed by atoms with Crippen molar-refractivity contribution >= 4 is 23.6 Å². The third kappa shape index (κ3) is 6.75. The standard InChI is InChI=1S/C28H31FN2O3S/c1-35-23-10-4-20(5-11-23)19-28(16-13-27(33)31-28)15-12-26(32)30-17-14-24(25-3-2-18-34-25)21-6-8-22(29)9-7-21/h2-11,18,24H,12-17,19H2,1H3,(H,30,32)(H,31,33)/t24-,28-/m1/s1. The Kier molecular flexibility index (Phi) is 8.29. The molecule has 1 aromatic heterocycles. The van der Waals surface area contributed by atoms with Crippen LogP contribution in [-0.2, 0) is 16.0 Å². The molecule has 35 heavy (non-hydrogen) atoms. The Morgan fingerprint density at radius 3 is 2.57 bits per heavy atom. The summed E-state index contributed by atoms with van der Waals surface area (Å²) in [6.07, 6.45) is 7.17. The van der Waals surface area contributed by atoms with Crippen molar-refractivity contribution < 1.29 is 18.4 Å². The lowest BCUT2D eigenvalue weighted by molar-refractivity contribution is -0.122. The SMILES string of the molecule is CSc1ccc(C[C@@]2(CCC(=O)NCC[C@H](c3ccc(F)cc3)c3ccco3)CCC(=O)N2)cc1. The average Bonchev–Trinajstić information content (AvgIpc) is 3.52. The first-order valence-electron chi connectivity index (χ1n) is 12.0. The van der Waals surface area contributed by atoms with E-state index in [1.165, 1.54) is 17.0 Å². The molecular weight excluding hydrogens is 463 g/mol. The zero-order chi connectivity index (χ0) is 24.7.